The molecule has 1 nitrogen and oxygen atoms in total. The zero-order valence-corrected chi connectivity index (χ0v) is 11.7. The highest BCUT2D eigenvalue weighted by Gasteiger charge is 2.23. The minimum absolute atomic E-state index is 0.571. The first-order valence-electron chi connectivity index (χ1n) is 6.23. The van der Waals surface area contributed by atoms with Gasteiger partial charge in [-0.15, -0.1) is 0 Å². The Labute approximate surface area is 107 Å². The molecule has 0 amide bonds. The molecule has 1 aliphatic rings. The standard InChI is InChI=1S/C14H20BrN/c1-3-10(2)9-16-14-8-7-11-12(14)5-4-6-13(11)15/h4-6,10,14,16H,3,7-9H2,1-2H3. The van der Waals surface area contributed by atoms with E-state index < -0.39 is 0 Å². The molecule has 0 aliphatic heterocycles. The van der Waals surface area contributed by atoms with Gasteiger partial charge >= 0.3 is 0 Å². The first-order valence-corrected chi connectivity index (χ1v) is 7.02. The van der Waals surface area contributed by atoms with Crippen LogP contribution in [0.2, 0.25) is 0 Å². The van der Waals surface area contributed by atoms with Crippen LogP contribution < -0.4 is 5.32 Å². The van der Waals surface area contributed by atoms with E-state index in [0.717, 1.165) is 12.5 Å². The molecule has 0 bridgehead atoms. The Hall–Kier alpha value is -0.340. The third-order valence-corrected chi connectivity index (χ3v) is 4.37. The van der Waals surface area contributed by atoms with E-state index in [4.69, 9.17) is 0 Å². The maximum absolute atomic E-state index is 3.69. The number of fused-ring (bicyclic) bond motifs is 1. The van der Waals surface area contributed by atoms with E-state index in [2.05, 4.69) is 53.3 Å². The third kappa shape index (κ3) is 2.49. The second kappa shape index (κ2) is 5.33. The number of halogens is 1. The number of hydrogen-bond acceptors (Lipinski definition) is 1. The molecule has 0 radical (unpaired) electrons. The molecular weight excluding hydrogens is 262 g/mol. The summed E-state index contributed by atoms with van der Waals surface area (Å²) in [7, 11) is 0. The largest absolute Gasteiger partial charge is 0.310 e. The van der Waals surface area contributed by atoms with Gasteiger partial charge in [-0.25, -0.2) is 0 Å². The van der Waals surface area contributed by atoms with E-state index in [0.29, 0.717) is 6.04 Å². The van der Waals surface area contributed by atoms with Crippen LogP contribution in [0.3, 0.4) is 0 Å². The van der Waals surface area contributed by atoms with Gasteiger partial charge in [-0.05, 0) is 42.5 Å². The van der Waals surface area contributed by atoms with E-state index in [9.17, 15) is 0 Å². The van der Waals surface area contributed by atoms with Crippen molar-refractivity contribution in [1.29, 1.82) is 0 Å². The van der Waals surface area contributed by atoms with E-state index in [1.54, 1.807) is 0 Å². The van der Waals surface area contributed by atoms with Crippen LogP contribution in [-0.2, 0) is 6.42 Å². The summed E-state index contributed by atoms with van der Waals surface area (Å²) in [6, 6.07) is 7.13. The Bertz CT molecular complexity index is 362. The lowest BCUT2D eigenvalue weighted by Gasteiger charge is -2.17. The van der Waals surface area contributed by atoms with Crippen LogP contribution in [0.5, 0.6) is 0 Å². The highest BCUT2D eigenvalue weighted by Crippen LogP contribution is 2.35. The Kier molecular flexibility index (Phi) is 4.04. The lowest BCUT2D eigenvalue weighted by Crippen LogP contribution is -2.24. The van der Waals surface area contributed by atoms with E-state index >= 15 is 0 Å². The van der Waals surface area contributed by atoms with Crippen LogP contribution in [0.15, 0.2) is 22.7 Å². The molecule has 0 spiro atoms. The number of rotatable bonds is 4. The highest BCUT2D eigenvalue weighted by molar-refractivity contribution is 9.10. The number of nitrogens with one attached hydrogen (secondary N) is 1. The lowest BCUT2D eigenvalue weighted by atomic mass is 10.1. The van der Waals surface area contributed by atoms with Crippen molar-refractivity contribution < 1.29 is 0 Å². The Morgan fingerprint density at radius 2 is 2.31 bits per heavy atom. The number of hydrogen-bond donors (Lipinski definition) is 1. The Balaban J connectivity index is 2.03. The van der Waals surface area contributed by atoms with Crippen LogP contribution in [0.1, 0.15) is 43.9 Å². The maximum Gasteiger partial charge on any atom is 0.0326 e. The quantitative estimate of drug-likeness (QED) is 0.877. The molecule has 0 aromatic heterocycles. The Morgan fingerprint density at radius 1 is 1.50 bits per heavy atom. The molecule has 0 heterocycles. The van der Waals surface area contributed by atoms with E-state index in [-0.39, 0.29) is 0 Å². The summed E-state index contributed by atoms with van der Waals surface area (Å²) in [5.74, 6) is 0.774. The van der Waals surface area contributed by atoms with Gasteiger partial charge in [0.1, 0.15) is 0 Å². The minimum atomic E-state index is 0.571. The van der Waals surface area contributed by atoms with Gasteiger partial charge in [-0.3, -0.25) is 0 Å². The fourth-order valence-electron chi connectivity index (χ4n) is 2.31. The predicted octanol–water partition coefficient (Wildman–Crippen LogP) is 4.07. The summed E-state index contributed by atoms with van der Waals surface area (Å²) in [6.07, 6.45) is 3.70. The summed E-state index contributed by atoms with van der Waals surface area (Å²) in [4.78, 5) is 0. The predicted molar refractivity (Wildman–Crippen MR) is 72.7 cm³/mol. The van der Waals surface area contributed by atoms with Crippen LogP contribution >= 0.6 is 15.9 Å². The fourth-order valence-corrected chi connectivity index (χ4v) is 2.89. The van der Waals surface area contributed by atoms with Gasteiger partial charge in [0.05, 0.1) is 0 Å². The van der Waals surface area contributed by atoms with Gasteiger partial charge in [0.25, 0.3) is 0 Å². The normalized spacial score (nSPS) is 20.8. The van der Waals surface area contributed by atoms with Crippen molar-refractivity contribution in [2.75, 3.05) is 6.54 Å². The SMILES string of the molecule is CCC(C)CNC1CCc2c(Br)cccc21. The van der Waals surface area contributed by atoms with E-state index in [1.165, 1.54) is 34.9 Å². The van der Waals surface area contributed by atoms with Crippen molar-refractivity contribution in [3.05, 3.63) is 33.8 Å². The molecule has 0 fully saturated rings. The van der Waals surface area contributed by atoms with Crippen molar-refractivity contribution in [2.24, 2.45) is 5.92 Å². The summed E-state index contributed by atoms with van der Waals surface area (Å²) in [6.45, 7) is 5.70. The summed E-state index contributed by atoms with van der Waals surface area (Å²) in [5, 5.41) is 3.69. The van der Waals surface area contributed by atoms with Crippen LogP contribution in [0, 0.1) is 5.92 Å². The molecule has 16 heavy (non-hydrogen) atoms. The number of benzene rings is 1. The minimum Gasteiger partial charge on any atom is -0.310 e. The molecule has 1 aromatic carbocycles. The highest BCUT2D eigenvalue weighted by atomic mass is 79.9. The molecular formula is C14H20BrN. The van der Waals surface area contributed by atoms with Gasteiger partial charge in [-0.2, -0.15) is 0 Å². The molecule has 2 unspecified atom stereocenters. The van der Waals surface area contributed by atoms with Gasteiger partial charge in [0.15, 0.2) is 0 Å². The molecule has 1 N–H and O–H groups in total. The summed E-state index contributed by atoms with van der Waals surface area (Å²) < 4.78 is 1.28. The lowest BCUT2D eigenvalue weighted by molar-refractivity contribution is 0.443. The molecule has 2 heteroatoms. The smallest absolute Gasteiger partial charge is 0.0326 e. The molecule has 1 aliphatic carbocycles. The van der Waals surface area contributed by atoms with Crippen molar-refractivity contribution >= 4 is 15.9 Å². The molecule has 88 valence electrons. The first kappa shape index (κ1) is 12.1. The van der Waals surface area contributed by atoms with Gasteiger partial charge in [0.2, 0.25) is 0 Å². The molecule has 2 rings (SSSR count). The fraction of sp³-hybridized carbons (Fsp3) is 0.571. The van der Waals surface area contributed by atoms with Crippen molar-refractivity contribution in [3.8, 4) is 0 Å². The second-order valence-corrected chi connectivity index (χ2v) is 5.67. The van der Waals surface area contributed by atoms with E-state index in [1.807, 2.05) is 0 Å². The average molecular weight is 282 g/mol. The summed E-state index contributed by atoms with van der Waals surface area (Å²) in [5.41, 5.74) is 3.00. The monoisotopic (exact) mass is 281 g/mol. The Morgan fingerprint density at radius 3 is 3.06 bits per heavy atom. The zero-order valence-electron chi connectivity index (χ0n) is 10.1. The molecule has 2 atom stereocenters. The van der Waals surface area contributed by atoms with Crippen LogP contribution in [-0.4, -0.2) is 6.54 Å². The third-order valence-electron chi connectivity index (χ3n) is 3.62. The first-order chi connectivity index (χ1) is 7.72. The topological polar surface area (TPSA) is 12.0 Å². The van der Waals surface area contributed by atoms with Gasteiger partial charge in [-0.1, -0.05) is 48.3 Å². The summed E-state index contributed by atoms with van der Waals surface area (Å²) >= 11 is 3.64. The van der Waals surface area contributed by atoms with Gasteiger partial charge in [0, 0.05) is 10.5 Å². The van der Waals surface area contributed by atoms with Crippen LogP contribution in [0.25, 0.3) is 0 Å². The zero-order chi connectivity index (χ0) is 11.5. The van der Waals surface area contributed by atoms with Crippen molar-refractivity contribution in [3.63, 3.8) is 0 Å². The average Bonchev–Trinajstić information content (AvgIpc) is 2.70. The maximum atomic E-state index is 3.69. The van der Waals surface area contributed by atoms with Crippen LogP contribution in [0.4, 0.5) is 0 Å². The molecule has 0 saturated heterocycles. The van der Waals surface area contributed by atoms with Gasteiger partial charge < -0.3 is 5.32 Å². The van der Waals surface area contributed by atoms with Crippen molar-refractivity contribution in [2.45, 2.75) is 39.2 Å². The molecule has 0 saturated carbocycles. The van der Waals surface area contributed by atoms with Crippen molar-refractivity contribution in [1.82, 2.24) is 5.32 Å². The molecule has 1 aromatic rings. The second-order valence-electron chi connectivity index (χ2n) is 4.82.